The number of aromatic nitrogens is 1. The highest BCUT2D eigenvalue weighted by Gasteiger charge is 2.46. The van der Waals surface area contributed by atoms with Crippen LogP contribution in [0.2, 0.25) is 0 Å². The fourth-order valence-electron chi connectivity index (χ4n) is 10.3. The summed E-state index contributed by atoms with van der Waals surface area (Å²) < 4.78 is 34.1. The molecule has 1 aliphatic carbocycles. The molecule has 0 amide bonds. The fourth-order valence-corrected chi connectivity index (χ4v) is 10.3. The van der Waals surface area contributed by atoms with E-state index in [4.69, 9.17) is 0 Å². The second-order valence-electron chi connectivity index (χ2n) is 16.3. The maximum atomic E-state index is 15.8. The first-order valence-electron chi connectivity index (χ1n) is 21.3. The third-order valence-corrected chi connectivity index (χ3v) is 12.9. The summed E-state index contributed by atoms with van der Waals surface area (Å²) in [6.07, 6.45) is 4.44. The minimum absolute atomic E-state index is 0.267. The molecule has 0 aliphatic heterocycles. The van der Waals surface area contributed by atoms with Crippen LogP contribution in [0.15, 0.2) is 218 Å². The highest BCUT2D eigenvalue weighted by atomic mass is 19.1. The summed E-state index contributed by atoms with van der Waals surface area (Å²) in [7, 11) is 0. The minimum Gasteiger partial charge on any atom is -0.309 e. The van der Waals surface area contributed by atoms with Crippen molar-refractivity contribution >= 4 is 61.8 Å². The van der Waals surface area contributed by atoms with Crippen LogP contribution in [0.3, 0.4) is 0 Å². The lowest BCUT2D eigenvalue weighted by Crippen LogP contribution is -2.29. The van der Waals surface area contributed by atoms with E-state index in [1.807, 2.05) is 18.2 Å². The normalized spacial score (nSPS) is 13.0. The molecule has 0 fully saturated rings. The van der Waals surface area contributed by atoms with E-state index in [2.05, 4.69) is 168 Å². The number of para-hydroxylation sites is 3. The summed E-state index contributed by atoms with van der Waals surface area (Å²) in [6.45, 7) is 0. The first kappa shape index (κ1) is 36.7. The molecule has 0 N–H and O–H groups in total. The van der Waals surface area contributed by atoms with E-state index in [-0.39, 0.29) is 11.4 Å². The molecule has 0 radical (unpaired) electrons. The molecule has 0 unspecified atom stereocenters. The van der Waals surface area contributed by atoms with E-state index in [0.29, 0.717) is 5.69 Å². The zero-order valence-corrected chi connectivity index (χ0v) is 34.1. The summed E-state index contributed by atoms with van der Waals surface area (Å²) in [5.74, 6) is -0.881. The number of nitrogens with zero attached hydrogens (tertiary/aromatic N) is 2. The molecule has 10 aromatic carbocycles. The van der Waals surface area contributed by atoms with Crippen molar-refractivity contribution in [3.8, 4) is 16.8 Å². The van der Waals surface area contributed by atoms with Gasteiger partial charge < -0.3 is 9.47 Å². The summed E-state index contributed by atoms with van der Waals surface area (Å²) in [6, 6.07) is 73.6. The van der Waals surface area contributed by atoms with Gasteiger partial charge in [-0.2, -0.15) is 0 Å². The van der Waals surface area contributed by atoms with Crippen LogP contribution in [0.4, 0.5) is 25.8 Å². The highest BCUT2D eigenvalue weighted by molar-refractivity contribution is 6.24. The minimum atomic E-state index is -0.759. The molecule has 0 spiro atoms. The van der Waals surface area contributed by atoms with Gasteiger partial charge in [0, 0.05) is 22.1 Å². The molecule has 0 saturated carbocycles. The van der Waals surface area contributed by atoms with E-state index in [1.165, 1.54) is 44.7 Å². The number of rotatable bonds is 8. The van der Waals surface area contributed by atoms with Gasteiger partial charge in [0.05, 0.1) is 27.8 Å². The van der Waals surface area contributed by atoms with Crippen molar-refractivity contribution in [3.05, 3.63) is 263 Å². The van der Waals surface area contributed by atoms with E-state index >= 15 is 8.78 Å². The summed E-state index contributed by atoms with van der Waals surface area (Å²) >= 11 is 0. The largest absolute Gasteiger partial charge is 0.309 e. The van der Waals surface area contributed by atoms with Gasteiger partial charge in [0.2, 0.25) is 0 Å². The number of halogens is 2. The monoisotopic (exact) mass is 812 g/mol. The Morgan fingerprint density at radius 2 is 0.968 bits per heavy atom. The maximum Gasteiger partial charge on any atom is 0.147 e. The van der Waals surface area contributed by atoms with E-state index in [0.717, 1.165) is 50.2 Å². The molecule has 0 bridgehead atoms. The van der Waals surface area contributed by atoms with Crippen molar-refractivity contribution in [2.45, 2.75) is 5.41 Å². The van der Waals surface area contributed by atoms with Gasteiger partial charge in [0.25, 0.3) is 0 Å². The summed E-state index contributed by atoms with van der Waals surface area (Å²) in [5, 5.41) is 5.01. The SMILES string of the molecule is Fc1ccccc1N(c1ccc2c(c1)C(c1ccccc1)(c1ccccc1)c1cc(/C=C/c3cc4ccc5cccc6c5c4c(c3)n6-c3ccccc3)ccc1-2)c1ccccc1F. The van der Waals surface area contributed by atoms with Gasteiger partial charge in [-0.15, -0.1) is 0 Å². The van der Waals surface area contributed by atoms with Gasteiger partial charge in [-0.1, -0.05) is 158 Å². The first-order valence-corrected chi connectivity index (χ1v) is 21.3. The van der Waals surface area contributed by atoms with Gasteiger partial charge >= 0.3 is 0 Å². The van der Waals surface area contributed by atoms with Crippen LogP contribution in [0.1, 0.15) is 33.4 Å². The third-order valence-electron chi connectivity index (χ3n) is 12.9. The second kappa shape index (κ2) is 14.5. The van der Waals surface area contributed by atoms with E-state index in [9.17, 15) is 0 Å². The Bertz CT molecular complexity index is 3450. The van der Waals surface area contributed by atoms with Gasteiger partial charge in [-0.3, -0.25) is 0 Å². The van der Waals surface area contributed by atoms with Crippen LogP contribution in [0.5, 0.6) is 0 Å². The molecule has 0 saturated heterocycles. The molecule has 1 heterocycles. The van der Waals surface area contributed by atoms with Crippen molar-refractivity contribution in [1.82, 2.24) is 4.57 Å². The number of hydrogen-bond acceptors (Lipinski definition) is 1. The lowest BCUT2D eigenvalue weighted by molar-refractivity contribution is 0.619. The van der Waals surface area contributed by atoms with E-state index < -0.39 is 17.0 Å². The Morgan fingerprint density at radius 1 is 0.413 bits per heavy atom. The van der Waals surface area contributed by atoms with Crippen LogP contribution >= 0.6 is 0 Å². The molecular weight excluding hydrogens is 775 g/mol. The van der Waals surface area contributed by atoms with Crippen molar-refractivity contribution in [2.24, 2.45) is 0 Å². The average molecular weight is 813 g/mol. The predicted molar refractivity (Wildman–Crippen MR) is 257 cm³/mol. The highest BCUT2D eigenvalue weighted by Crippen LogP contribution is 2.57. The second-order valence-corrected chi connectivity index (χ2v) is 16.3. The first-order chi connectivity index (χ1) is 31.1. The quantitative estimate of drug-likeness (QED) is 0.110. The number of hydrogen-bond donors (Lipinski definition) is 0. The smallest absolute Gasteiger partial charge is 0.147 e. The molecule has 12 rings (SSSR count). The van der Waals surface area contributed by atoms with Crippen molar-refractivity contribution in [3.63, 3.8) is 0 Å². The molecule has 298 valence electrons. The Morgan fingerprint density at radius 3 is 1.63 bits per heavy atom. The molecular formula is C59H38F2N2. The van der Waals surface area contributed by atoms with Crippen LogP contribution in [0, 0.1) is 11.6 Å². The van der Waals surface area contributed by atoms with E-state index in [1.54, 1.807) is 41.3 Å². The number of fused-ring (bicyclic) bond motifs is 3. The summed E-state index contributed by atoms with van der Waals surface area (Å²) in [5.41, 5.74) is 12.7. The Balaban J connectivity index is 1.05. The molecule has 2 nitrogen and oxygen atoms in total. The molecule has 1 aliphatic rings. The predicted octanol–water partition coefficient (Wildman–Crippen LogP) is 15.7. The zero-order valence-electron chi connectivity index (χ0n) is 34.1. The number of anilines is 3. The molecule has 4 heteroatoms. The molecule has 11 aromatic rings. The lowest BCUT2D eigenvalue weighted by Gasteiger charge is -2.35. The van der Waals surface area contributed by atoms with Crippen LogP contribution in [-0.4, -0.2) is 4.57 Å². The van der Waals surface area contributed by atoms with Crippen molar-refractivity contribution < 1.29 is 8.78 Å². The average Bonchev–Trinajstić information content (AvgIpc) is 3.83. The van der Waals surface area contributed by atoms with Gasteiger partial charge in [0.1, 0.15) is 11.6 Å². The van der Waals surface area contributed by atoms with Gasteiger partial charge in [-0.05, 0) is 128 Å². The van der Waals surface area contributed by atoms with Gasteiger partial charge in [0.15, 0.2) is 0 Å². The Kier molecular flexibility index (Phi) is 8.48. The van der Waals surface area contributed by atoms with Crippen molar-refractivity contribution in [2.75, 3.05) is 4.90 Å². The van der Waals surface area contributed by atoms with Crippen LogP contribution in [-0.2, 0) is 5.41 Å². The van der Waals surface area contributed by atoms with Crippen molar-refractivity contribution in [1.29, 1.82) is 0 Å². The molecule has 0 atom stereocenters. The molecule has 63 heavy (non-hydrogen) atoms. The lowest BCUT2D eigenvalue weighted by atomic mass is 9.67. The molecule has 1 aromatic heterocycles. The fraction of sp³-hybridized carbons (Fsp3) is 0.0169. The van der Waals surface area contributed by atoms with Gasteiger partial charge in [-0.25, -0.2) is 8.78 Å². The van der Waals surface area contributed by atoms with Crippen LogP contribution < -0.4 is 4.90 Å². The topological polar surface area (TPSA) is 8.17 Å². The Labute approximate surface area is 364 Å². The summed E-state index contributed by atoms with van der Waals surface area (Å²) in [4.78, 5) is 1.69. The standard InChI is InChI=1S/C59H38F2N2/c60-51-22-10-12-24-53(51)63(54-25-13-11-23-52(54)61)46-32-34-48-47-33-29-39(36-49(47)59(50(48)38-46,43-16-4-1-5-17-43)44-18-6-2-7-19-44)27-28-40-35-42-31-30-41-15-14-26-55-57(41)58(42)56(37-40)62(55)45-20-8-3-9-21-45/h1-38H/b28-27+. The third kappa shape index (κ3) is 5.68. The Hall–Kier alpha value is -8.08. The number of benzene rings is 10. The van der Waals surface area contributed by atoms with Crippen LogP contribution in [0.25, 0.3) is 61.5 Å². The zero-order chi connectivity index (χ0) is 42.1. The maximum absolute atomic E-state index is 15.8.